The number of hydrogen-bond donors (Lipinski definition) is 0. The molecule has 0 amide bonds. The summed E-state index contributed by atoms with van der Waals surface area (Å²) in [5.41, 5.74) is -0.463. The van der Waals surface area contributed by atoms with Crippen molar-refractivity contribution in [2.75, 3.05) is 37.3 Å². The van der Waals surface area contributed by atoms with Crippen LogP contribution in [0.5, 0.6) is 0 Å². The third-order valence-corrected chi connectivity index (χ3v) is 7.77. The van der Waals surface area contributed by atoms with Gasteiger partial charge in [-0.15, -0.1) is 11.8 Å². The zero-order chi connectivity index (χ0) is 22.9. The van der Waals surface area contributed by atoms with Crippen LogP contribution in [0.4, 0.5) is 19.2 Å². The van der Waals surface area contributed by atoms with Gasteiger partial charge >= 0.3 is 11.9 Å². The van der Waals surface area contributed by atoms with E-state index in [1.165, 1.54) is 16.1 Å². The first-order chi connectivity index (χ1) is 15.2. The van der Waals surface area contributed by atoms with Crippen molar-refractivity contribution in [3.63, 3.8) is 0 Å². The molecule has 0 atom stereocenters. The van der Waals surface area contributed by atoms with E-state index < -0.39 is 33.2 Å². The van der Waals surface area contributed by atoms with Crippen molar-refractivity contribution in [2.45, 2.75) is 15.7 Å². The molecule has 7 nitrogen and oxygen atoms in total. The summed E-state index contributed by atoms with van der Waals surface area (Å²) in [7, 11) is -3.67. The fraction of sp³-hybridized carbons (Fsp3) is 0.300. The largest absolute Gasteiger partial charge is 0.335 e. The van der Waals surface area contributed by atoms with Crippen LogP contribution >= 0.6 is 11.8 Å². The quantitative estimate of drug-likeness (QED) is 0.495. The normalized spacial score (nSPS) is 15.8. The summed E-state index contributed by atoms with van der Waals surface area (Å²) in [4.78, 5) is 6.51. The molecule has 1 aliphatic heterocycles. The van der Waals surface area contributed by atoms with Crippen molar-refractivity contribution in [1.29, 1.82) is 0 Å². The van der Waals surface area contributed by atoms with E-state index in [4.69, 9.17) is 4.52 Å². The van der Waals surface area contributed by atoms with Crippen LogP contribution in [0.3, 0.4) is 0 Å². The number of alkyl halides is 2. The standard InChI is InChI=1S/C20H19F3N4O3S2/c1-31-16-6-8-17(9-7-16)32(28,29)27-12-10-26(11-13-27)19-24-18(25-30-19)20(22,23)14-2-4-15(21)5-3-14/h2-9H,10-13H2,1H3. The Balaban J connectivity index is 1.44. The summed E-state index contributed by atoms with van der Waals surface area (Å²) in [5.74, 6) is -5.04. The number of benzene rings is 2. The Labute approximate surface area is 187 Å². The molecular formula is C20H19F3N4O3S2. The molecule has 0 unspecified atom stereocenters. The highest BCUT2D eigenvalue weighted by molar-refractivity contribution is 7.98. The first-order valence-corrected chi connectivity index (χ1v) is 12.3. The van der Waals surface area contributed by atoms with E-state index in [1.54, 1.807) is 29.2 Å². The Hall–Kier alpha value is -2.57. The van der Waals surface area contributed by atoms with Crippen LogP contribution in [-0.2, 0) is 15.9 Å². The lowest BCUT2D eigenvalue weighted by Crippen LogP contribution is -2.48. The van der Waals surface area contributed by atoms with Crippen molar-refractivity contribution in [3.05, 3.63) is 65.7 Å². The number of sulfonamides is 1. The molecule has 0 radical (unpaired) electrons. The molecule has 12 heteroatoms. The van der Waals surface area contributed by atoms with Gasteiger partial charge < -0.3 is 9.42 Å². The van der Waals surface area contributed by atoms with E-state index in [-0.39, 0.29) is 37.1 Å². The minimum atomic E-state index is -3.67. The maximum absolute atomic E-state index is 14.6. The fourth-order valence-electron chi connectivity index (χ4n) is 3.28. The van der Waals surface area contributed by atoms with E-state index in [1.807, 2.05) is 6.26 Å². The van der Waals surface area contributed by atoms with E-state index in [2.05, 4.69) is 10.1 Å². The summed E-state index contributed by atoms with van der Waals surface area (Å²) in [5, 5.41) is 3.39. The number of anilines is 1. The van der Waals surface area contributed by atoms with Crippen LogP contribution in [0.2, 0.25) is 0 Å². The molecule has 2 heterocycles. The molecular weight excluding hydrogens is 465 g/mol. The number of halogens is 3. The number of aromatic nitrogens is 2. The molecule has 3 aromatic rings. The van der Waals surface area contributed by atoms with Crippen LogP contribution in [0.1, 0.15) is 11.4 Å². The maximum atomic E-state index is 14.6. The Morgan fingerprint density at radius 3 is 2.22 bits per heavy atom. The maximum Gasteiger partial charge on any atom is 0.335 e. The molecule has 1 aliphatic rings. The van der Waals surface area contributed by atoms with Crippen LogP contribution in [0.15, 0.2) is 62.8 Å². The summed E-state index contributed by atoms with van der Waals surface area (Å²) >= 11 is 1.52. The smallest absolute Gasteiger partial charge is 0.322 e. The second kappa shape index (κ2) is 8.75. The molecule has 0 N–H and O–H groups in total. The number of thioether (sulfide) groups is 1. The van der Waals surface area contributed by atoms with Gasteiger partial charge in [-0.05, 0) is 54.8 Å². The highest BCUT2D eigenvalue weighted by Gasteiger charge is 2.40. The van der Waals surface area contributed by atoms with Gasteiger partial charge in [0.15, 0.2) is 0 Å². The van der Waals surface area contributed by atoms with Gasteiger partial charge in [0.05, 0.1) is 4.90 Å². The minimum absolute atomic E-state index is 0.122. The van der Waals surface area contributed by atoms with Gasteiger partial charge in [-0.2, -0.15) is 18.1 Å². The minimum Gasteiger partial charge on any atom is -0.322 e. The molecule has 1 fully saturated rings. The Kier molecular flexibility index (Phi) is 6.19. The van der Waals surface area contributed by atoms with Gasteiger partial charge in [-0.25, -0.2) is 12.8 Å². The highest BCUT2D eigenvalue weighted by atomic mass is 32.2. The van der Waals surface area contributed by atoms with Gasteiger partial charge in [0.2, 0.25) is 15.8 Å². The molecule has 0 spiro atoms. The van der Waals surface area contributed by atoms with Crippen molar-refractivity contribution in [1.82, 2.24) is 14.4 Å². The molecule has 4 rings (SSSR count). The van der Waals surface area contributed by atoms with Crippen LogP contribution in [0, 0.1) is 5.82 Å². The average Bonchev–Trinajstić information content (AvgIpc) is 3.31. The average molecular weight is 485 g/mol. The van der Waals surface area contributed by atoms with Crippen molar-refractivity contribution < 1.29 is 26.1 Å². The van der Waals surface area contributed by atoms with Crippen molar-refractivity contribution in [2.24, 2.45) is 0 Å². The predicted molar refractivity (Wildman–Crippen MR) is 113 cm³/mol. The lowest BCUT2D eigenvalue weighted by atomic mass is 10.1. The van der Waals surface area contributed by atoms with E-state index in [0.717, 1.165) is 29.2 Å². The number of rotatable bonds is 6. The molecule has 1 saturated heterocycles. The lowest BCUT2D eigenvalue weighted by Gasteiger charge is -2.32. The lowest BCUT2D eigenvalue weighted by molar-refractivity contribution is 0.0304. The summed E-state index contributed by atoms with van der Waals surface area (Å²) in [6.07, 6.45) is 1.90. The first kappa shape index (κ1) is 22.6. The first-order valence-electron chi connectivity index (χ1n) is 9.59. The molecule has 2 aromatic carbocycles. The van der Waals surface area contributed by atoms with Gasteiger partial charge in [0, 0.05) is 36.6 Å². The van der Waals surface area contributed by atoms with Gasteiger partial charge in [0.1, 0.15) is 5.82 Å². The number of hydrogen-bond acceptors (Lipinski definition) is 7. The monoisotopic (exact) mass is 484 g/mol. The predicted octanol–water partition coefficient (Wildman–Crippen LogP) is 3.58. The molecule has 0 aliphatic carbocycles. The van der Waals surface area contributed by atoms with E-state index in [9.17, 15) is 21.6 Å². The molecule has 0 saturated carbocycles. The Bertz CT molecular complexity index is 1180. The van der Waals surface area contributed by atoms with E-state index in [0.29, 0.717) is 0 Å². The number of nitrogens with zero attached hydrogens (tertiary/aromatic N) is 4. The highest BCUT2D eigenvalue weighted by Crippen LogP contribution is 2.35. The number of piperazine rings is 1. The summed E-state index contributed by atoms with van der Waals surface area (Å²) < 4.78 is 74.4. The van der Waals surface area contributed by atoms with Gasteiger partial charge in [-0.3, -0.25) is 0 Å². The summed E-state index contributed by atoms with van der Waals surface area (Å²) in [6, 6.07) is 10.3. The second-order valence-electron chi connectivity index (χ2n) is 7.05. The third-order valence-electron chi connectivity index (χ3n) is 5.11. The zero-order valence-corrected chi connectivity index (χ0v) is 18.5. The molecule has 32 heavy (non-hydrogen) atoms. The van der Waals surface area contributed by atoms with Crippen LogP contribution in [-0.4, -0.2) is 55.3 Å². The van der Waals surface area contributed by atoms with Crippen LogP contribution in [0.25, 0.3) is 0 Å². The van der Waals surface area contributed by atoms with Gasteiger partial charge in [0.25, 0.3) is 0 Å². The SMILES string of the molecule is CSc1ccc(S(=O)(=O)N2CCN(c3nc(C(F)(F)c4ccc(F)cc4)no3)CC2)cc1. The van der Waals surface area contributed by atoms with Crippen molar-refractivity contribution in [3.8, 4) is 0 Å². The molecule has 170 valence electrons. The Morgan fingerprint density at radius 2 is 1.62 bits per heavy atom. The van der Waals surface area contributed by atoms with Gasteiger partial charge in [-0.1, -0.05) is 5.16 Å². The van der Waals surface area contributed by atoms with E-state index >= 15 is 0 Å². The molecule has 0 bridgehead atoms. The summed E-state index contributed by atoms with van der Waals surface area (Å²) in [6.45, 7) is 0.676. The topological polar surface area (TPSA) is 79.5 Å². The van der Waals surface area contributed by atoms with Crippen LogP contribution < -0.4 is 4.90 Å². The molecule has 1 aromatic heterocycles. The van der Waals surface area contributed by atoms with Crippen molar-refractivity contribution >= 4 is 27.8 Å². The fourth-order valence-corrected chi connectivity index (χ4v) is 5.11. The second-order valence-corrected chi connectivity index (χ2v) is 9.87. The zero-order valence-electron chi connectivity index (χ0n) is 16.9. The Morgan fingerprint density at radius 1 is 1.00 bits per heavy atom. The third kappa shape index (κ3) is 4.34.